The van der Waals surface area contributed by atoms with Crippen molar-refractivity contribution in [3.63, 3.8) is 0 Å². The molecule has 3 rings (SSSR count). The number of nitrogens with zero attached hydrogens (tertiary/aromatic N) is 2. The van der Waals surface area contributed by atoms with Gasteiger partial charge in [0.1, 0.15) is 0 Å². The summed E-state index contributed by atoms with van der Waals surface area (Å²) >= 11 is 14.7. The number of esters is 1. The van der Waals surface area contributed by atoms with E-state index in [9.17, 15) is 4.79 Å². The summed E-state index contributed by atoms with van der Waals surface area (Å²) in [6, 6.07) is 13.1. The minimum absolute atomic E-state index is 0.270. The van der Waals surface area contributed by atoms with Crippen LogP contribution in [0.15, 0.2) is 42.5 Å². The molecule has 7 heteroatoms. The first kappa shape index (κ1) is 19.2. The number of rotatable bonds is 4. The number of carbonyl (C=O) groups excluding carboxylic acids is 1. The van der Waals surface area contributed by atoms with Gasteiger partial charge in [0, 0.05) is 19.7 Å². The van der Waals surface area contributed by atoms with Crippen LogP contribution in [-0.4, -0.2) is 22.4 Å². The van der Waals surface area contributed by atoms with Crippen molar-refractivity contribution in [3.8, 4) is 16.9 Å². The lowest BCUT2D eigenvalue weighted by Crippen LogP contribution is -2.08. The van der Waals surface area contributed by atoms with E-state index in [1.165, 1.54) is 0 Å². The summed E-state index contributed by atoms with van der Waals surface area (Å²) in [7, 11) is 0. The monoisotopic (exact) mass is 500 g/mol. The number of aromatic nitrogens is 2. The molecule has 0 amide bonds. The molecule has 0 aliphatic carbocycles. The van der Waals surface area contributed by atoms with Crippen LogP contribution in [0.2, 0.25) is 10.0 Å². The Morgan fingerprint density at radius 3 is 2.50 bits per heavy atom. The molecule has 26 heavy (non-hydrogen) atoms. The number of carbonyl (C=O) groups is 1. The van der Waals surface area contributed by atoms with E-state index in [0.29, 0.717) is 15.7 Å². The highest BCUT2D eigenvalue weighted by molar-refractivity contribution is 14.1. The molecule has 4 nitrogen and oxygen atoms in total. The molecule has 0 atom stereocenters. The number of ether oxygens (including phenoxy) is 1. The average Bonchev–Trinajstić information content (AvgIpc) is 2.93. The van der Waals surface area contributed by atoms with Gasteiger partial charge in [-0.15, -0.1) is 0 Å². The second-order valence-electron chi connectivity index (χ2n) is 5.56. The number of halogens is 3. The number of hydrogen-bond donors (Lipinski definition) is 0. The lowest BCUT2D eigenvalue weighted by Gasteiger charge is -2.11. The summed E-state index contributed by atoms with van der Waals surface area (Å²) < 4.78 is 7.93. The fourth-order valence-corrected chi connectivity index (χ4v) is 3.51. The van der Waals surface area contributed by atoms with Gasteiger partial charge in [-0.25, -0.2) is 9.48 Å². The average molecular weight is 501 g/mol. The molecule has 134 valence electrons. The molecule has 0 saturated carbocycles. The first-order valence-corrected chi connectivity index (χ1v) is 9.74. The van der Waals surface area contributed by atoms with Gasteiger partial charge in [-0.05, 0) is 66.8 Å². The molecule has 2 aromatic carbocycles. The summed E-state index contributed by atoms with van der Waals surface area (Å²) in [6.07, 6.45) is 0. The molecule has 0 saturated heterocycles. The second-order valence-corrected chi connectivity index (χ2v) is 7.65. The highest BCUT2D eigenvalue weighted by Crippen LogP contribution is 2.33. The molecule has 0 unspecified atom stereocenters. The van der Waals surface area contributed by atoms with Crippen LogP contribution in [0.5, 0.6) is 0 Å². The molecule has 0 N–H and O–H groups in total. The summed E-state index contributed by atoms with van der Waals surface area (Å²) in [6.45, 7) is 3.90. The maximum absolute atomic E-state index is 12.3. The van der Waals surface area contributed by atoms with Crippen molar-refractivity contribution in [2.45, 2.75) is 13.8 Å². The van der Waals surface area contributed by atoms with E-state index < -0.39 is 5.97 Å². The summed E-state index contributed by atoms with van der Waals surface area (Å²) in [5.74, 6) is -0.458. The largest absolute Gasteiger partial charge is 0.461 e. The van der Waals surface area contributed by atoms with Gasteiger partial charge < -0.3 is 4.74 Å². The molecule has 0 aliphatic rings. The molecule has 0 radical (unpaired) electrons. The Kier molecular flexibility index (Phi) is 5.89. The van der Waals surface area contributed by atoms with Gasteiger partial charge in [0.15, 0.2) is 5.69 Å². The van der Waals surface area contributed by atoms with Crippen molar-refractivity contribution < 1.29 is 9.53 Å². The number of benzene rings is 2. The fourth-order valence-electron chi connectivity index (χ4n) is 2.66. The predicted octanol–water partition coefficient (Wildman–Crippen LogP) is 5.94. The Labute approximate surface area is 175 Å². The smallest absolute Gasteiger partial charge is 0.359 e. The van der Waals surface area contributed by atoms with Gasteiger partial charge in [-0.2, -0.15) is 5.10 Å². The van der Waals surface area contributed by atoms with Gasteiger partial charge in [0.25, 0.3) is 0 Å². The molecule has 0 fully saturated rings. The molecule has 3 aromatic rings. The van der Waals surface area contributed by atoms with Gasteiger partial charge >= 0.3 is 5.97 Å². The Bertz CT molecular complexity index is 968. The van der Waals surface area contributed by atoms with Crippen LogP contribution < -0.4 is 0 Å². The van der Waals surface area contributed by atoms with E-state index >= 15 is 0 Å². The van der Waals surface area contributed by atoms with Crippen LogP contribution in [0.4, 0.5) is 0 Å². The van der Waals surface area contributed by atoms with Crippen molar-refractivity contribution in [1.82, 2.24) is 9.78 Å². The topological polar surface area (TPSA) is 44.1 Å². The quantitative estimate of drug-likeness (QED) is 0.329. The van der Waals surface area contributed by atoms with E-state index in [1.54, 1.807) is 29.8 Å². The SMILES string of the molecule is CCOC(=O)c1nn(-c2ccc(Cl)cc2Cl)c(-c2ccc(I)cc2)c1C. The van der Waals surface area contributed by atoms with Gasteiger partial charge in [-0.1, -0.05) is 35.3 Å². The van der Waals surface area contributed by atoms with E-state index in [4.69, 9.17) is 27.9 Å². The maximum Gasteiger partial charge on any atom is 0.359 e. The Morgan fingerprint density at radius 2 is 1.88 bits per heavy atom. The molecular formula is C19H15Cl2IN2O2. The third kappa shape index (κ3) is 3.75. The maximum atomic E-state index is 12.3. The summed E-state index contributed by atoms with van der Waals surface area (Å²) in [5.41, 5.74) is 3.36. The molecule has 1 heterocycles. The van der Waals surface area contributed by atoms with Crippen LogP contribution in [0.1, 0.15) is 23.0 Å². The standard InChI is InChI=1S/C19H15Cl2IN2O2/c1-3-26-19(25)17-11(2)18(12-4-7-14(22)8-5-12)24(23-17)16-9-6-13(20)10-15(16)21/h4-10H,3H2,1-2H3. The molecular weight excluding hydrogens is 486 g/mol. The highest BCUT2D eigenvalue weighted by Gasteiger charge is 2.23. The van der Waals surface area contributed by atoms with Crippen LogP contribution >= 0.6 is 45.8 Å². The first-order chi connectivity index (χ1) is 12.4. The fraction of sp³-hybridized carbons (Fsp3) is 0.158. The Morgan fingerprint density at radius 1 is 1.19 bits per heavy atom. The second kappa shape index (κ2) is 7.98. The third-order valence-corrected chi connectivity index (χ3v) is 5.10. The van der Waals surface area contributed by atoms with E-state index in [-0.39, 0.29) is 12.3 Å². The highest BCUT2D eigenvalue weighted by atomic mass is 127. The Balaban J connectivity index is 2.26. The van der Waals surface area contributed by atoms with Gasteiger partial charge in [0.05, 0.1) is 23.0 Å². The predicted molar refractivity (Wildman–Crippen MR) is 112 cm³/mol. The van der Waals surface area contributed by atoms with Crippen molar-refractivity contribution in [3.05, 3.63) is 67.3 Å². The van der Waals surface area contributed by atoms with Crippen molar-refractivity contribution in [2.24, 2.45) is 0 Å². The van der Waals surface area contributed by atoms with Crippen molar-refractivity contribution in [2.75, 3.05) is 6.61 Å². The van der Waals surface area contributed by atoms with Crippen LogP contribution in [-0.2, 0) is 4.74 Å². The van der Waals surface area contributed by atoms with Crippen LogP contribution in [0.25, 0.3) is 16.9 Å². The minimum atomic E-state index is -0.458. The van der Waals surface area contributed by atoms with Gasteiger partial charge in [0.2, 0.25) is 0 Å². The van der Waals surface area contributed by atoms with Crippen molar-refractivity contribution in [1.29, 1.82) is 0 Å². The number of hydrogen-bond acceptors (Lipinski definition) is 3. The van der Waals surface area contributed by atoms with Crippen molar-refractivity contribution >= 4 is 51.8 Å². The molecule has 0 aliphatic heterocycles. The van der Waals surface area contributed by atoms with E-state index in [2.05, 4.69) is 27.7 Å². The van der Waals surface area contributed by atoms with Crippen LogP contribution in [0.3, 0.4) is 0 Å². The molecule has 0 spiro atoms. The third-order valence-electron chi connectivity index (χ3n) is 3.85. The normalized spacial score (nSPS) is 10.8. The lowest BCUT2D eigenvalue weighted by molar-refractivity contribution is 0.0518. The Hall–Kier alpha value is -1.57. The van der Waals surface area contributed by atoms with E-state index in [1.807, 2.05) is 31.2 Å². The minimum Gasteiger partial charge on any atom is -0.461 e. The molecule has 1 aromatic heterocycles. The summed E-state index contributed by atoms with van der Waals surface area (Å²) in [5, 5.41) is 5.48. The zero-order valence-electron chi connectivity index (χ0n) is 14.1. The first-order valence-electron chi connectivity index (χ1n) is 7.90. The van der Waals surface area contributed by atoms with Gasteiger partial charge in [-0.3, -0.25) is 0 Å². The summed E-state index contributed by atoms with van der Waals surface area (Å²) in [4.78, 5) is 12.3. The zero-order chi connectivity index (χ0) is 18.8. The zero-order valence-corrected chi connectivity index (χ0v) is 17.8. The van der Waals surface area contributed by atoms with E-state index in [0.717, 1.165) is 20.4 Å². The van der Waals surface area contributed by atoms with Crippen LogP contribution in [0, 0.1) is 10.5 Å². The molecule has 0 bridgehead atoms. The lowest BCUT2D eigenvalue weighted by atomic mass is 10.1.